The van der Waals surface area contributed by atoms with E-state index in [1.807, 2.05) is 0 Å². The maximum absolute atomic E-state index is 2.52. The van der Waals surface area contributed by atoms with Crippen molar-refractivity contribution in [2.24, 2.45) is 0 Å². The topological polar surface area (TPSA) is 0 Å². The van der Waals surface area contributed by atoms with E-state index < -0.39 is 8.07 Å². The van der Waals surface area contributed by atoms with Gasteiger partial charge in [0.25, 0.3) is 0 Å². The summed E-state index contributed by atoms with van der Waals surface area (Å²) in [5, 5.41) is 1.94. The molecule has 0 aromatic carbocycles. The van der Waals surface area contributed by atoms with Crippen LogP contribution in [0.25, 0.3) is 0 Å². The number of rotatable bonds is 3. The van der Waals surface area contributed by atoms with Crippen LogP contribution in [0.5, 0.6) is 0 Å². The Labute approximate surface area is 82.4 Å². The molecule has 0 aliphatic carbocycles. The normalized spacial score (nSPS) is 13.7. The van der Waals surface area contributed by atoms with E-state index in [4.69, 9.17) is 0 Å². The van der Waals surface area contributed by atoms with Gasteiger partial charge in [-0.25, -0.2) is 0 Å². The van der Waals surface area contributed by atoms with Crippen LogP contribution in [-0.2, 0) is 0 Å². The second-order valence-electron chi connectivity index (χ2n) is 5.24. The average molecular weight is 164 g/mol. The monoisotopic (exact) mass is 164 g/mol. The van der Waals surface area contributed by atoms with Crippen molar-refractivity contribution in [3.63, 3.8) is 0 Å². The van der Waals surface area contributed by atoms with Crippen LogP contribution in [0.3, 0.4) is 0 Å². The van der Waals surface area contributed by atoms with Crippen molar-refractivity contribution < 1.29 is 0 Å². The van der Waals surface area contributed by atoms with Crippen LogP contribution >= 0.6 is 0 Å². The first kappa shape index (κ1) is 11.8. The van der Waals surface area contributed by atoms with Gasteiger partial charge in [0, 0.05) is 0 Å². The van der Waals surface area contributed by atoms with Crippen LogP contribution in [0.4, 0.5) is 0 Å². The fourth-order valence-electron chi connectivity index (χ4n) is 0.994. The van der Waals surface area contributed by atoms with Crippen molar-refractivity contribution in [1.29, 1.82) is 0 Å². The third-order valence-electron chi connectivity index (χ3n) is 3.19. The Morgan fingerprint density at radius 2 is 1.64 bits per heavy atom. The average Bonchev–Trinajstić information content (AvgIpc) is 1.81. The molecular formula is C9H21LiSi. The molecule has 0 saturated carbocycles. The molecule has 0 aliphatic heterocycles. The summed E-state index contributed by atoms with van der Waals surface area (Å²) >= 11 is 2.28. The van der Waals surface area contributed by atoms with E-state index in [2.05, 4.69) is 51.6 Å². The van der Waals surface area contributed by atoms with Gasteiger partial charge in [-0.3, -0.25) is 0 Å². The zero-order valence-electron chi connectivity index (χ0n) is 9.12. The van der Waals surface area contributed by atoms with Crippen LogP contribution in [0.2, 0.25) is 29.3 Å². The van der Waals surface area contributed by atoms with Gasteiger partial charge in [0.1, 0.15) is 0 Å². The SMILES string of the molecule is [Li][CH2]CC[Si](C)(C)C(C)(C)C. The van der Waals surface area contributed by atoms with Crippen LogP contribution in [0.1, 0.15) is 27.2 Å². The standard InChI is InChI=1S/C9H21Si.Li/c1-7-8-10(5,6)9(2,3)4;/h1,7-8H2,2-6H3;. The quantitative estimate of drug-likeness (QED) is 0.560. The molecule has 0 N–H and O–H groups in total. The molecule has 0 heterocycles. The molecule has 0 aromatic rings. The molecule has 0 unspecified atom stereocenters. The van der Waals surface area contributed by atoms with Crippen LogP contribution in [-0.4, -0.2) is 25.8 Å². The Morgan fingerprint density at radius 1 is 1.18 bits per heavy atom. The second-order valence-corrected chi connectivity index (χ2v) is 11.0. The minimum absolute atomic E-state index is 0.585. The molecule has 0 bridgehead atoms. The van der Waals surface area contributed by atoms with Crippen molar-refractivity contribution in [2.75, 3.05) is 0 Å². The number of hydrogen-bond donors (Lipinski definition) is 0. The van der Waals surface area contributed by atoms with Crippen LogP contribution < -0.4 is 0 Å². The van der Waals surface area contributed by atoms with Gasteiger partial charge in [-0.05, 0) is 0 Å². The van der Waals surface area contributed by atoms with Gasteiger partial charge < -0.3 is 0 Å². The molecule has 0 saturated heterocycles. The summed E-state index contributed by atoms with van der Waals surface area (Å²) in [6, 6.07) is 1.49. The van der Waals surface area contributed by atoms with E-state index in [1.54, 1.807) is 0 Å². The van der Waals surface area contributed by atoms with E-state index in [-0.39, 0.29) is 0 Å². The molecule has 0 spiro atoms. The third kappa shape index (κ3) is 3.83. The summed E-state index contributed by atoms with van der Waals surface area (Å²) in [5.41, 5.74) is 0. The van der Waals surface area contributed by atoms with Crippen molar-refractivity contribution in [3.8, 4) is 0 Å². The first-order chi connectivity index (χ1) is 4.81. The maximum atomic E-state index is 2.52. The summed E-state index contributed by atoms with van der Waals surface area (Å²) < 4.78 is 0. The molecule has 0 aromatic heterocycles. The number of hydrogen-bond acceptors (Lipinski definition) is 0. The third-order valence-corrected chi connectivity index (χ3v) is 8.85. The molecule has 0 amide bonds. The molecule has 0 atom stereocenters. The van der Waals surface area contributed by atoms with E-state index in [1.165, 1.54) is 17.6 Å². The summed E-state index contributed by atoms with van der Waals surface area (Å²) in [4.78, 5) is 0. The molecular weight excluding hydrogens is 143 g/mol. The fourth-order valence-corrected chi connectivity index (χ4v) is 2.98. The Balaban J connectivity index is 4.00. The van der Waals surface area contributed by atoms with Crippen molar-refractivity contribution in [3.05, 3.63) is 0 Å². The minimum atomic E-state index is -0.926. The van der Waals surface area contributed by atoms with Gasteiger partial charge in [-0.15, -0.1) is 0 Å². The first-order valence-electron chi connectivity index (χ1n) is 4.81. The van der Waals surface area contributed by atoms with Gasteiger partial charge in [0.05, 0.1) is 0 Å². The molecule has 11 heavy (non-hydrogen) atoms. The molecule has 62 valence electrons. The van der Waals surface area contributed by atoms with Crippen LogP contribution in [0.15, 0.2) is 0 Å². The van der Waals surface area contributed by atoms with Gasteiger partial charge in [-0.2, -0.15) is 0 Å². The molecule has 0 rings (SSSR count). The fraction of sp³-hybridized carbons (Fsp3) is 1.00. The van der Waals surface area contributed by atoms with Crippen molar-refractivity contribution in [1.82, 2.24) is 0 Å². The van der Waals surface area contributed by atoms with Gasteiger partial charge in [0.2, 0.25) is 0 Å². The Bertz CT molecular complexity index is 113. The Morgan fingerprint density at radius 3 is 1.91 bits per heavy atom. The van der Waals surface area contributed by atoms with Gasteiger partial charge in [0.15, 0.2) is 0 Å². The van der Waals surface area contributed by atoms with Gasteiger partial charge in [-0.1, -0.05) is 0 Å². The summed E-state index contributed by atoms with van der Waals surface area (Å²) in [5.74, 6) is 0. The zero-order valence-corrected chi connectivity index (χ0v) is 10.1. The summed E-state index contributed by atoms with van der Waals surface area (Å²) in [6.45, 7) is 12.2. The second kappa shape index (κ2) is 4.17. The molecule has 0 fully saturated rings. The van der Waals surface area contributed by atoms with Crippen LogP contribution in [0, 0.1) is 0 Å². The van der Waals surface area contributed by atoms with Crippen molar-refractivity contribution in [2.45, 2.75) is 56.5 Å². The molecule has 2 heteroatoms. The Kier molecular flexibility index (Phi) is 4.47. The first-order valence-corrected chi connectivity index (χ1v) is 8.02. The van der Waals surface area contributed by atoms with E-state index >= 15 is 0 Å². The molecule has 0 aliphatic rings. The molecule has 0 radical (unpaired) electrons. The van der Waals surface area contributed by atoms with E-state index in [9.17, 15) is 0 Å². The van der Waals surface area contributed by atoms with E-state index in [0.29, 0.717) is 5.04 Å². The summed E-state index contributed by atoms with van der Waals surface area (Å²) in [7, 11) is -0.926. The molecule has 0 nitrogen and oxygen atoms in total. The Hall–Kier alpha value is 0.814. The van der Waals surface area contributed by atoms with Crippen molar-refractivity contribution >= 4 is 25.8 Å². The predicted octanol–water partition coefficient (Wildman–Crippen LogP) is 3.47. The van der Waals surface area contributed by atoms with E-state index in [0.717, 1.165) is 0 Å². The zero-order chi connectivity index (χ0) is 9.12. The summed E-state index contributed by atoms with van der Waals surface area (Å²) in [6.07, 6.45) is 1.43. The predicted molar refractivity (Wildman–Crippen MR) is 57.2 cm³/mol. The van der Waals surface area contributed by atoms with Gasteiger partial charge >= 0.3 is 82.3 Å².